The highest BCUT2D eigenvalue weighted by Gasteiger charge is 2.56. The molecule has 0 aromatic carbocycles. The van der Waals surface area contributed by atoms with Crippen LogP contribution >= 0.6 is 0 Å². The van der Waals surface area contributed by atoms with E-state index >= 15 is 0 Å². The largest absolute Gasteiger partial charge is 0.508 e. The molecule has 1 aliphatic heterocycles. The molecule has 1 aromatic heterocycles. The van der Waals surface area contributed by atoms with Gasteiger partial charge >= 0.3 is 11.8 Å². The summed E-state index contributed by atoms with van der Waals surface area (Å²) in [6, 6.07) is 1.27. The van der Waals surface area contributed by atoms with Gasteiger partial charge in [0.25, 0.3) is 0 Å². The highest BCUT2D eigenvalue weighted by molar-refractivity contribution is 5.59. The second-order valence-electron chi connectivity index (χ2n) is 5.41. The smallest absolute Gasteiger partial charge is 0.434 e. The molecule has 0 unspecified atom stereocenters. The maximum Gasteiger partial charge on any atom is 0.508 e. The zero-order valence-corrected chi connectivity index (χ0v) is 13.8. The van der Waals surface area contributed by atoms with Crippen molar-refractivity contribution in [3.8, 4) is 0 Å². The second-order valence-corrected chi connectivity index (χ2v) is 5.41. The van der Waals surface area contributed by atoms with Crippen LogP contribution in [0.4, 0.5) is 10.6 Å². The van der Waals surface area contributed by atoms with Crippen LogP contribution < -0.4 is 11.4 Å². The lowest BCUT2D eigenvalue weighted by molar-refractivity contribution is -0.131. The van der Waals surface area contributed by atoms with Gasteiger partial charge in [-0.3, -0.25) is 4.57 Å². The number of carbonyl (C=O) groups is 1. The molecule has 0 amide bonds. The summed E-state index contributed by atoms with van der Waals surface area (Å²) in [5.74, 6) is -0.0532. The first-order valence-electron chi connectivity index (χ1n) is 7.59. The molecule has 0 bridgehead atoms. The molecular weight excluding hydrogens is 352 g/mol. The lowest BCUT2D eigenvalue weighted by Crippen LogP contribution is -2.45. The summed E-state index contributed by atoms with van der Waals surface area (Å²) in [5.41, 5.74) is 11.1. The number of nitrogens with zero attached hydrogens (tertiary/aromatic N) is 5. The van der Waals surface area contributed by atoms with Crippen molar-refractivity contribution in [1.29, 1.82) is 0 Å². The molecule has 26 heavy (non-hydrogen) atoms. The van der Waals surface area contributed by atoms with E-state index in [9.17, 15) is 19.8 Å². The normalized spacial score (nSPS) is 27.6. The van der Waals surface area contributed by atoms with Crippen LogP contribution in [0.5, 0.6) is 0 Å². The number of hydrogen-bond acceptors (Lipinski definition) is 10. The number of hydrogen-bond donors (Lipinski definition) is 3. The van der Waals surface area contributed by atoms with Crippen LogP contribution in [0.25, 0.3) is 10.4 Å². The standard InChI is InChI=1S/C13H18N6O7/c1-2-5-24-12(23)25-6-13(17-18-15)9(21)8(20)10(26-13)19-4-3-7(14)16-11(19)22/h3-4,8-10,20-21H,2,5-6H2,1H3,(H2,14,16,22)/t8-,9+,10+,13-/m1/s1. The zero-order valence-electron chi connectivity index (χ0n) is 13.8. The summed E-state index contributed by atoms with van der Waals surface area (Å²) in [6.45, 7) is 1.14. The van der Waals surface area contributed by atoms with Crippen molar-refractivity contribution in [2.24, 2.45) is 5.11 Å². The van der Waals surface area contributed by atoms with Crippen LogP contribution in [0.3, 0.4) is 0 Å². The maximum atomic E-state index is 11.9. The van der Waals surface area contributed by atoms with Crippen molar-refractivity contribution in [2.75, 3.05) is 18.9 Å². The van der Waals surface area contributed by atoms with Gasteiger partial charge in [-0.15, -0.1) is 0 Å². The molecule has 13 nitrogen and oxygen atoms in total. The molecule has 2 heterocycles. The molecule has 0 saturated carbocycles. The number of rotatable bonds is 6. The predicted molar refractivity (Wildman–Crippen MR) is 84.5 cm³/mol. The third-order valence-corrected chi connectivity index (χ3v) is 3.56. The second kappa shape index (κ2) is 8.01. The molecule has 13 heteroatoms. The number of anilines is 1. The van der Waals surface area contributed by atoms with Gasteiger partial charge in [0.1, 0.15) is 24.6 Å². The lowest BCUT2D eigenvalue weighted by Gasteiger charge is -2.25. The molecule has 0 spiro atoms. The highest BCUT2D eigenvalue weighted by atomic mass is 16.7. The summed E-state index contributed by atoms with van der Waals surface area (Å²) in [5, 5.41) is 23.8. The van der Waals surface area contributed by atoms with Gasteiger partial charge in [0.2, 0.25) is 5.72 Å². The van der Waals surface area contributed by atoms with E-state index in [1.807, 2.05) is 0 Å². The first kappa shape index (κ1) is 19.5. The molecule has 0 aliphatic carbocycles. The number of aliphatic hydroxyl groups is 2. The van der Waals surface area contributed by atoms with Gasteiger partial charge in [-0.05, 0) is 18.0 Å². The molecule has 4 atom stereocenters. The van der Waals surface area contributed by atoms with Crippen molar-refractivity contribution in [3.63, 3.8) is 0 Å². The Morgan fingerprint density at radius 1 is 1.58 bits per heavy atom. The average Bonchev–Trinajstić information content (AvgIpc) is 2.84. The summed E-state index contributed by atoms with van der Waals surface area (Å²) >= 11 is 0. The Hall–Kier alpha value is -2.86. The van der Waals surface area contributed by atoms with Gasteiger partial charge < -0.3 is 30.2 Å². The fourth-order valence-electron chi connectivity index (χ4n) is 2.31. The van der Waals surface area contributed by atoms with E-state index in [1.54, 1.807) is 6.92 Å². The summed E-state index contributed by atoms with van der Waals surface area (Å²) in [7, 11) is 0. The lowest BCUT2D eigenvalue weighted by atomic mass is 10.1. The van der Waals surface area contributed by atoms with Gasteiger partial charge in [-0.25, -0.2) is 9.59 Å². The van der Waals surface area contributed by atoms with E-state index < -0.39 is 42.6 Å². The Kier molecular flexibility index (Phi) is 6.00. The monoisotopic (exact) mass is 370 g/mol. The van der Waals surface area contributed by atoms with E-state index in [4.69, 9.17) is 25.5 Å². The SMILES string of the molecule is CCCOC(=O)OC[C@@]1(N=[N+]=[N-])O[C@H](n2ccc(N)nc2=O)[C@H](O)[C@@H]1O. The van der Waals surface area contributed by atoms with Gasteiger partial charge in [-0.1, -0.05) is 12.0 Å². The quantitative estimate of drug-likeness (QED) is 0.259. The molecule has 1 aromatic rings. The number of ether oxygens (including phenoxy) is 3. The number of carbonyl (C=O) groups excluding carboxylic acids is 1. The Labute approximate surface area is 146 Å². The minimum atomic E-state index is -2.16. The maximum absolute atomic E-state index is 11.9. The minimum absolute atomic E-state index is 0.0532. The summed E-state index contributed by atoms with van der Waals surface area (Å²) in [6.07, 6.45) is -4.26. The number of nitrogens with two attached hydrogens (primary N) is 1. The molecule has 4 N–H and O–H groups in total. The summed E-state index contributed by atoms with van der Waals surface area (Å²) in [4.78, 5) is 29.4. The Morgan fingerprint density at radius 3 is 2.92 bits per heavy atom. The van der Waals surface area contributed by atoms with Gasteiger partial charge in [0, 0.05) is 11.1 Å². The number of nitrogen functional groups attached to an aromatic ring is 1. The van der Waals surface area contributed by atoms with E-state index in [-0.39, 0.29) is 12.4 Å². The molecule has 1 aliphatic rings. The predicted octanol–water partition coefficient (Wildman–Crippen LogP) is -0.354. The topological polar surface area (TPSA) is 195 Å². The minimum Gasteiger partial charge on any atom is -0.434 e. The zero-order chi connectivity index (χ0) is 19.3. The Morgan fingerprint density at radius 2 is 2.31 bits per heavy atom. The van der Waals surface area contributed by atoms with Crippen LogP contribution in [0.2, 0.25) is 0 Å². The third kappa shape index (κ3) is 3.86. The van der Waals surface area contributed by atoms with Crippen molar-refractivity contribution >= 4 is 12.0 Å². The van der Waals surface area contributed by atoms with Gasteiger partial charge in [0.15, 0.2) is 6.23 Å². The fraction of sp³-hybridized carbons (Fsp3) is 0.615. The van der Waals surface area contributed by atoms with Crippen molar-refractivity contribution < 1.29 is 29.2 Å². The molecule has 2 rings (SSSR count). The van der Waals surface area contributed by atoms with Crippen LogP contribution in [0.15, 0.2) is 22.2 Å². The van der Waals surface area contributed by atoms with Gasteiger partial charge in [-0.2, -0.15) is 4.98 Å². The molecule has 142 valence electrons. The first-order chi connectivity index (χ1) is 12.3. The Balaban J connectivity index is 2.25. The van der Waals surface area contributed by atoms with E-state index in [0.717, 1.165) is 4.57 Å². The average molecular weight is 370 g/mol. The van der Waals surface area contributed by atoms with Crippen molar-refractivity contribution in [1.82, 2.24) is 9.55 Å². The number of aromatic nitrogens is 2. The molecule has 0 radical (unpaired) electrons. The number of aliphatic hydroxyl groups excluding tert-OH is 2. The van der Waals surface area contributed by atoms with E-state index in [2.05, 4.69) is 15.0 Å². The van der Waals surface area contributed by atoms with Crippen LogP contribution in [0, 0.1) is 0 Å². The van der Waals surface area contributed by atoms with E-state index in [1.165, 1.54) is 12.3 Å². The van der Waals surface area contributed by atoms with Crippen LogP contribution in [-0.4, -0.2) is 57.1 Å². The first-order valence-corrected chi connectivity index (χ1v) is 7.59. The van der Waals surface area contributed by atoms with Crippen molar-refractivity contribution in [2.45, 2.75) is 37.5 Å². The fourth-order valence-corrected chi connectivity index (χ4v) is 2.31. The molecule has 1 fully saturated rings. The Bertz CT molecular complexity index is 764. The summed E-state index contributed by atoms with van der Waals surface area (Å²) < 4.78 is 15.8. The van der Waals surface area contributed by atoms with Crippen LogP contribution in [-0.2, 0) is 14.2 Å². The highest BCUT2D eigenvalue weighted by Crippen LogP contribution is 2.38. The van der Waals surface area contributed by atoms with Crippen LogP contribution in [0.1, 0.15) is 19.6 Å². The third-order valence-electron chi connectivity index (χ3n) is 3.56. The molecule has 1 saturated heterocycles. The van der Waals surface area contributed by atoms with E-state index in [0.29, 0.717) is 6.42 Å². The van der Waals surface area contributed by atoms with Gasteiger partial charge in [0.05, 0.1) is 6.61 Å². The molecular formula is C13H18N6O7. The number of azide groups is 1. The van der Waals surface area contributed by atoms with Crippen molar-refractivity contribution in [3.05, 3.63) is 33.2 Å².